The summed E-state index contributed by atoms with van der Waals surface area (Å²) in [4.78, 5) is 8.56. The van der Waals surface area contributed by atoms with Gasteiger partial charge in [0, 0.05) is 6.16 Å². The van der Waals surface area contributed by atoms with E-state index in [9.17, 15) is 4.57 Å². The van der Waals surface area contributed by atoms with E-state index < -0.39 is 8.03 Å². The Kier molecular flexibility index (Phi) is 2.69. The van der Waals surface area contributed by atoms with E-state index >= 15 is 0 Å². The van der Waals surface area contributed by atoms with Crippen LogP contribution in [0.4, 0.5) is 0 Å². The van der Waals surface area contributed by atoms with Crippen molar-refractivity contribution in [2.75, 3.05) is 0 Å². The highest BCUT2D eigenvalue weighted by Gasteiger charge is 1.96. The summed E-state index contributed by atoms with van der Waals surface area (Å²) in [6, 6.07) is 6.27. The second-order valence-electron chi connectivity index (χ2n) is 2.24. The van der Waals surface area contributed by atoms with Crippen molar-refractivity contribution in [1.29, 1.82) is 0 Å². The Bertz CT molecular complexity index is 255. The van der Waals surface area contributed by atoms with Crippen molar-refractivity contribution in [3.8, 4) is 5.75 Å². The molecule has 1 aromatic carbocycles. The molecule has 3 nitrogen and oxygen atoms in total. The fourth-order valence-corrected chi connectivity index (χ4v) is 1.37. The van der Waals surface area contributed by atoms with Gasteiger partial charge in [-0.2, -0.15) is 0 Å². The summed E-state index contributed by atoms with van der Waals surface area (Å²) in [7, 11) is -2.43. The third-order valence-electron chi connectivity index (χ3n) is 1.29. The predicted octanol–water partition coefficient (Wildman–Crippen LogP) is 1.36. The maximum absolute atomic E-state index is 10.4. The smallest absolute Gasteiger partial charge is 0.193 e. The first kappa shape index (κ1) is 8.31. The SMILES string of the molecule is O=[PH](O)Cc1ccc(O)cc1. The zero-order chi connectivity index (χ0) is 8.27. The van der Waals surface area contributed by atoms with Gasteiger partial charge in [0.2, 0.25) is 0 Å². The normalized spacial score (nSPS) is 12.8. The second-order valence-corrected chi connectivity index (χ2v) is 3.38. The van der Waals surface area contributed by atoms with Gasteiger partial charge in [-0.05, 0) is 17.7 Å². The van der Waals surface area contributed by atoms with E-state index in [0.717, 1.165) is 5.56 Å². The highest BCUT2D eigenvalue weighted by Crippen LogP contribution is 2.22. The number of phenols is 1. The zero-order valence-corrected chi connectivity index (χ0v) is 6.82. The molecule has 0 saturated carbocycles. The number of hydrogen-bond acceptors (Lipinski definition) is 2. The Hall–Kier alpha value is -0.790. The lowest BCUT2D eigenvalue weighted by molar-refractivity contribution is 0.475. The molecule has 1 atom stereocenters. The molecule has 0 aliphatic heterocycles. The van der Waals surface area contributed by atoms with Crippen molar-refractivity contribution in [2.45, 2.75) is 6.16 Å². The second kappa shape index (κ2) is 3.56. The Morgan fingerprint density at radius 3 is 2.27 bits per heavy atom. The highest BCUT2D eigenvalue weighted by atomic mass is 31.1. The van der Waals surface area contributed by atoms with Crippen LogP contribution in [0.1, 0.15) is 5.56 Å². The minimum absolute atomic E-state index is 0.173. The topological polar surface area (TPSA) is 57.5 Å². The van der Waals surface area contributed by atoms with Crippen LogP contribution in [0.5, 0.6) is 5.75 Å². The molecule has 0 aliphatic carbocycles. The molecular formula is C7H9O3P. The average Bonchev–Trinajstić information content (AvgIpc) is 1.93. The minimum Gasteiger partial charge on any atom is -0.508 e. The summed E-state index contributed by atoms with van der Waals surface area (Å²) in [5.41, 5.74) is 0.772. The van der Waals surface area contributed by atoms with Crippen LogP contribution in [0, 0.1) is 0 Å². The summed E-state index contributed by atoms with van der Waals surface area (Å²) in [6.07, 6.45) is 0.185. The number of hydrogen-bond donors (Lipinski definition) is 2. The number of benzene rings is 1. The third-order valence-corrected chi connectivity index (χ3v) is 2.00. The van der Waals surface area contributed by atoms with Crippen molar-refractivity contribution >= 4 is 8.03 Å². The predicted molar refractivity (Wildman–Crippen MR) is 43.0 cm³/mol. The van der Waals surface area contributed by atoms with E-state index in [1.165, 1.54) is 12.1 Å². The fourth-order valence-electron chi connectivity index (χ4n) is 0.788. The highest BCUT2D eigenvalue weighted by molar-refractivity contribution is 7.37. The third kappa shape index (κ3) is 2.74. The van der Waals surface area contributed by atoms with Crippen LogP contribution in [0.15, 0.2) is 24.3 Å². The van der Waals surface area contributed by atoms with Crippen LogP contribution < -0.4 is 0 Å². The molecule has 60 valence electrons. The molecule has 0 amide bonds. The van der Waals surface area contributed by atoms with Crippen molar-refractivity contribution in [3.05, 3.63) is 29.8 Å². The molecule has 0 bridgehead atoms. The zero-order valence-electron chi connectivity index (χ0n) is 5.82. The van der Waals surface area contributed by atoms with Gasteiger partial charge < -0.3 is 10.00 Å². The number of rotatable bonds is 2. The molecule has 1 unspecified atom stereocenters. The largest absolute Gasteiger partial charge is 0.508 e. The summed E-state index contributed by atoms with van der Waals surface area (Å²) in [5.74, 6) is 0.173. The van der Waals surface area contributed by atoms with E-state index in [1.807, 2.05) is 0 Å². The standard InChI is InChI=1S/C7H9O3P/c8-7-3-1-6(2-4-7)5-11(9)10/h1-4,8,11H,5H2,(H,9,10). The van der Waals surface area contributed by atoms with Crippen LogP contribution in [-0.2, 0) is 10.7 Å². The molecule has 0 spiro atoms. The summed E-state index contributed by atoms with van der Waals surface area (Å²) >= 11 is 0. The van der Waals surface area contributed by atoms with Gasteiger partial charge >= 0.3 is 0 Å². The quantitative estimate of drug-likeness (QED) is 0.662. The monoisotopic (exact) mass is 172 g/mol. The van der Waals surface area contributed by atoms with Crippen molar-refractivity contribution in [1.82, 2.24) is 0 Å². The molecule has 1 rings (SSSR count). The number of aromatic hydroxyl groups is 1. The van der Waals surface area contributed by atoms with Gasteiger partial charge in [-0.25, -0.2) is 0 Å². The van der Waals surface area contributed by atoms with Gasteiger partial charge in [-0.15, -0.1) is 0 Å². The maximum Gasteiger partial charge on any atom is 0.193 e. The molecule has 1 aromatic rings. The molecule has 0 aliphatic rings. The average molecular weight is 172 g/mol. The van der Waals surface area contributed by atoms with Gasteiger partial charge in [0.15, 0.2) is 8.03 Å². The fraction of sp³-hybridized carbons (Fsp3) is 0.143. The van der Waals surface area contributed by atoms with Crippen LogP contribution in [0.3, 0.4) is 0 Å². The van der Waals surface area contributed by atoms with Crippen LogP contribution in [0.25, 0.3) is 0 Å². The molecule has 0 fully saturated rings. The molecule has 4 heteroatoms. The lowest BCUT2D eigenvalue weighted by Crippen LogP contribution is -1.77. The Balaban J connectivity index is 2.74. The first-order valence-corrected chi connectivity index (χ1v) is 4.74. The van der Waals surface area contributed by atoms with Crippen molar-refractivity contribution in [2.24, 2.45) is 0 Å². The maximum atomic E-state index is 10.4. The lowest BCUT2D eigenvalue weighted by Gasteiger charge is -1.96. The van der Waals surface area contributed by atoms with E-state index in [2.05, 4.69) is 0 Å². The van der Waals surface area contributed by atoms with Gasteiger partial charge in [0.05, 0.1) is 0 Å². The first-order valence-electron chi connectivity index (χ1n) is 3.18. The van der Waals surface area contributed by atoms with Crippen molar-refractivity contribution < 1.29 is 14.6 Å². The van der Waals surface area contributed by atoms with Crippen LogP contribution in [0.2, 0.25) is 0 Å². The van der Waals surface area contributed by atoms with Gasteiger partial charge in [0.25, 0.3) is 0 Å². The van der Waals surface area contributed by atoms with Crippen LogP contribution >= 0.6 is 8.03 Å². The summed E-state index contributed by atoms with van der Waals surface area (Å²) < 4.78 is 10.4. The minimum atomic E-state index is -2.43. The summed E-state index contributed by atoms with van der Waals surface area (Å²) in [6.45, 7) is 0. The molecule has 11 heavy (non-hydrogen) atoms. The van der Waals surface area contributed by atoms with E-state index in [-0.39, 0.29) is 11.9 Å². The molecule has 0 aromatic heterocycles. The number of phenolic OH excluding ortho intramolecular Hbond substituents is 1. The molecule has 0 radical (unpaired) electrons. The van der Waals surface area contributed by atoms with Crippen LogP contribution in [-0.4, -0.2) is 10.00 Å². The van der Waals surface area contributed by atoms with E-state index in [1.54, 1.807) is 12.1 Å². The Morgan fingerprint density at radius 2 is 1.82 bits per heavy atom. The molecule has 0 heterocycles. The molecular weight excluding hydrogens is 163 g/mol. The van der Waals surface area contributed by atoms with E-state index in [0.29, 0.717) is 0 Å². The molecule has 2 N–H and O–H groups in total. The van der Waals surface area contributed by atoms with Crippen molar-refractivity contribution in [3.63, 3.8) is 0 Å². The summed E-state index contributed by atoms with van der Waals surface area (Å²) in [5, 5.41) is 8.86. The van der Waals surface area contributed by atoms with Gasteiger partial charge in [-0.1, -0.05) is 12.1 Å². The Morgan fingerprint density at radius 1 is 1.27 bits per heavy atom. The van der Waals surface area contributed by atoms with E-state index in [4.69, 9.17) is 10.00 Å². The Labute approximate surface area is 65.2 Å². The molecule has 0 saturated heterocycles. The lowest BCUT2D eigenvalue weighted by atomic mass is 10.2. The van der Waals surface area contributed by atoms with Gasteiger partial charge in [-0.3, -0.25) is 4.57 Å². The van der Waals surface area contributed by atoms with Gasteiger partial charge in [0.1, 0.15) is 5.75 Å². The first-order chi connectivity index (χ1) is 5.18.